The zero-order valence-corrected chi connectivity index (χ0v) is 22.2. The maximum Gasteiger partial charge on any atom is 0.0619 e. The van der Waals surface area contributed by atoms with Crippen LogP contribution in [0.2, 0.25) is 38.3 Å². The highest BCUT2D eigenvalue weighted by Crippen LogP contribution is 2.51. The fourth-order valence-corrected chi connectivity index (χ4v) is 11.1. The van der Waals surface area contributed by atoms with Crippen LogP contribution < -0.4 is 0 Å². The van der Waals surface area contributed by atoms with Crippen LogP contribution in [0.25, 0.3) is 11.1 Å². The summed E-state index contributed by atoms with van der Waals surface area (Å²) in [6.45, 7) is 12.6. The molecule has 0 radical (unpaired) electrons. The van der Waals surface area contributed by atoms with Gasteiger partial charge in [0.15, 0.2) is 0 Å². The minimum atomic E-state index is -1.64. The fraction of sp³-hybridized carbons (Fsp3) is 0.429. The zero-order chi connectivity index (χ0) is 23.1. The summed E-state index contributed by atoms with van der Waals surface area (Å²) in [4.78, 5) is 0. The molecule has 2 aromatic carbocycles. The summed E-state index contributed by atoms with van der Waals surface area (Å²) in [5.74, 6) is 0.324. The highest BCUT2D eigenvalue weighted by Gasteiger charge is 2.41. The topological polar surface area (TPSA) is 40.5 Å². The molecule has 2 aliphatic rings. The number of benzene rings is 2. The molecule has 0 heterocycles. The maximum absolute atomic E-state index is 9.71. The van der Waals surface area contributed by atoms with Crippen LogP contribution in [0, 0.1) is 5.92 Å². The van der Waals surface area contributed by atoms with Gasteiger partial charge in [-0.15, -0.1) is 0 Å². The predicted octanol–water partition coefficient (Wildman–Crippen LogP) is 6.46. The Morgan fingerprint density at radius 3 is 1.44 bits per heavy atom. The van der Waals surface area contributed by atoms with Gasteiger partial charge in [0.05, 0.1) is 16.1 Å². The van der Waals surface area contributed by atoms with Crippen molar-refractivity contribution in [2.45, 2.75) is 56.3 Å². The van der Waals surface area contributed by atoms with Crippen molar-refractivity contribution in [2.24, 2.45) is 5.92 Å². The summed E-state index contributed by atoms with van der Waals surface area (Å²) in [6, 6.07) is 19.7. The van der Waals surface area contributed by atoms with Crippen LogP contribution in [0.15, 0.2) is 60.7 Å². The molecule has 2 N–H and O–H groups in total. The quantitative estimate of drug-likeness (QED) is 0.442. The van der Waals surface area contributed by atoms with E-state index in [0.717, 1.165) is 12.1 Å². The van der Waals surface area contributed by atoms with Crippen LogP contribution in [-0.4, -0.2) is 39.6 Å². The van der Waals surface area contributed by atoms with E-state index in [0.29, 0.717) is 17.0 Å². The van der Waals surface area contributed by atoms with E-state index < -0.39 is 16.1 Å². The van der Waals surface area contributed by atoms with Gasteiger partial charge in [-0.1, -0.05) is 93.8 Å². The van der Waals surface area contributed by atoms with E-state index in [-0.39, 0.29) is 13.2 Å². The first kappa shape index (κ1) is 23.4. The average molecular weight is 463 g/mol. The molecule has 0 saturated heterocycles. The predicted molar refractivity (Wildman–Crippen MR) is 142 cm³/mol. The largest absolute Gasteiger partial charge is 0.397 e. The lowest BCUT2D eigenvalue weighted by molar-refractivity contribution is 0.315. The molecule has 170 valence electrons. The first-order valence-corrected chi connectivity index (χ1v) is 18.6. The molecule has 4 heteroatoms. The molecular weight excluding hydrogens is 424 g/mol. The Balaban J connectivity index is 1.78. The monoisotopic (exact) mass is 462 g/mol. The Labute approximate surface area is 195 Å². The van der Waals surface area contributed by atoms with E-state index in [1.54, 1.807) is 0 Å². The van der Waals surface area contributed by atoms with E-state index in [4.69, 9.17) is 0 Å². The number of hydrogen-bond donors (Lipinski definition) is 2. The van der Waals surface area contributed by atoms with Crippen molar-refractivity contribution in [2.75, 3.05) is 13.2 Å². The van der Waals surface area contributed by atoms with Gasteiger partial charge >= 0.3 is 0 Å². The second kappa shape index (κ2) is 8.90. The summed E-state index contributed by atoms with van der Waals surface area (Å²) in [5, 5.41) is 19.4. The van der Waals surface area contributed by atoms with Gasteiger partial charge in [-0.3, -0.25) is 0 Å². The molecule has 0 aliphatic heterocycles. The van der Waals surface area contributed by atoms with Crippen LogP contribution in [0.4, 0.5) is 0 Å². The number of allylic oxidation sites excluding steroid dienone is 4. The Kier molecular flexibility index (Phi) is 6.52. The standard InChI is InChI=1S/C28H38O2Si2/c1-20(25-18-27(31(2,3)16-14-29)23-12-8-6-10-21(23)25)26-19-28(32(4,5)17-15-30)24-13-9-7-11-22(24)26/h6-13,18-20,27-30H,14-17H2,1-5H3. The summed E-state index contributed by atoms with van der Waals surface area (Å²) in [5.41, 5.74) is 9.53. The molecule has 0 aromatic heterocycles. The van der Waals surface area contributed by atoms with Crippen molar-refractivity contribution in [3.05, 3.63) is 82.9 Å². The van der Waals surface area contributed by atoms with Gasteiger partial charge < -0.3 is 10.2 Å². The first-order chi connectivity index (χ1) is 15.2. The van der Waals surface area contributed by atoms with Gasteiger partial charge in [0.2, 0.25) is 0 Å². The molecule has 0 spiro atoms. The molecule has 0 saturated carbocycles. The zero-order valence-electron chi connectivity index (χ0n) is 20.2. The number of rotatable bonds is 8. The van der Waals surface area contributed by atoms with Gasteiger partial charge in [-0.05, 0) is 56.6 Å². The molecule has 0 amide bonds. The van der Waals surface area contributed by atoms with Gasteiger partial charge in [0.25, 0.3) is 0 Å². The average Bonchev–Trinajstić information content (AvgIpc) is 3.34. The van der Waals surface area contributed by atoms with Gasteiger partial charge in [0, 0.05) is 19.1 Å². The number of hydrogen-bond acceptors (Lipinski definition) is 2. The van der Waals surface area contributed by atoms with Crippen molar-refractivity contribution < 1.29 is 10.2 Å². The highest BCUT2D eigenvalue weighted by molar-refractivity contribution is 6.80. The molecule has 2 aromatic rings. The van der Waals surface area contributed by atoms with E-state index in [9.17, 15) is 10.2 Å². The maximum atomic E-state index is 9.71. The summed E-state index contributed by atoms with van der Waals surface area (Å²) in [7, 11) is -3.28. The third kappa shape index (κ3) is 4.03. The minimum absolute atomic E-state index is 0.279. The lowest BCUT2D eigenvalue weighted by Gasteiger charge is -2.28. The van der Waals surface area contributed by atoms with Crippen LogP contribution in [0.5, 0.6) is 0 Å². The van der Waals surface area contributed by atoms with Crippen molar-refractivity contribution in [3.63, 3.8) is 0 Å². The van der Waals surface area contributed by atoms with Crippen molar-refractivity contribution in [3.8, 4) is 0 Å². The molecule has 2 aliphatic carbocycles. The summed E-state index contributed by atoms with van der Waals surface area (Å²) in [6.07, 6.45) is 5.09. The molecule has 32 heavy (non-hydrogen) atoms. The minimum Gasteiger partial charge on any atom is -0.397 e. The van der Waals surface area contributed by atoms with Crippen molar-refractivity contribution in [1.29, 1.82) is 0 Å². The molecule has 4 rings (SSSR count). The lowest BCUT2D eigenvalue weighted by Crippen LogP contribution is -2.34. The van der Waals surface area contributed by atoms with Crippen LogP contribution in [0.3, 0.4) is 0 Å². The highest BCUT2D eigenvalue weighted by atomic mass is 28.3. The second-order valence-corrected chi connectivity index (χ2v) is 21.2. The third-order valence-corrected chi connectivity index (χ3v) is 15.4. The molecule has 2 atom stereocenters. The molecule has 2 unspecified atom stereocenters. The van der Waals surface area contributed by atoms with E-state index >= 15 is 0 Å². The number of aliphatic hydroxyl groups is 2. The Bertz CT molecular complexity index is 967. The van der Waals surface area contributed by atoms with Crippen molar-refractivity contribution >= 4 is 27.3 Å². The van der Waals surface area contributed by atoms with E-state index in [1.165, 1.54) is 33.4 Å². The molecule has 0 fully saturated rings. The Morgan fingerprint density at radius 1 is 0.688 bits per heavy atom. The first-order valence-electron chi connectivity index (χ1n) is 12.0. The normalized spacial score (nSPS) is 21.1. The van der Waals surface area contributed by atoms with Gasteiger partial charge in [-0.25, -0.2) is 0 Å². The van der Waals surface area contributed by atoms with Crippen LogP contribution in [0.1, 0.15) is 40.3 Å². The van der Waals surface area contributed by atoms with Crippen molar-refractivity contribution in [1.82, 2.24) is 0 Å². The lowest BCUT2D eigenvalue weighted by atomic mass is 9.86. The molecule has 2 nitrogen and oxygen atoms in total. The van der Waals surface area contributed by atoms with E-state index in [1.807, 2.05) is 0 Å². The number of aliphatic hydroxyl groups excluding tert-OH is 2. The van der Waals surface area contributed by atoms with Crippen LogP contribution >= 0.6 is 0 Å². The SMILES string of the molecule is CC(C1=CC([Si](C)(C)CCO)c2ccccc21)C1=CC([Si](C)(C)CCO)c2ccccc21. The molecule has 0 bridgehead atoms. The Morgan fingerprint density at radius 2 is 1.06 bits per heavy atom. The van der Waals surface area contributed by atoms with Gasteiger partial charge in [-0.2, -0.15) is 0 Å². The summed E-state index contributed by atoms with van der Waals surface area (Å²) >= 11 is 0. The smallest absolute Gasteiger partial charge is 0.0619 e. The van der Waals surface area contributed by atoms with E-state index in [2.05, 4.69) is 93.8 Å². The Hall–Kier alpha value is -1.73. The van der Waals surface area contributed by atoms with Crippen LogP contribution in [-0.2, 0) is 0 Å². The second-order valence-electron chi connectivity index (χ2n) is 11.0. The molecular formula is C28H38O2Si2. The number of fused-ring (bicyclic) bond motifs is 2. The summed E-state index contributed by atoms with van der Waals surface area (Å²) < 4.78 is 0. The fourth-order valence-electron chi connectivity index (χ4n) is 5.88. The van der Waals surface area contributed by atoms with Gasteiger partial charge in [0.1, 0.15) is 0 Å². The third-order valence-electron chi connectivity index (χ3n) is 8.04.